The summed E-state index contributed by atoms with van der Waals surface area (Å²) in [6.45, 7) is 0. The van der Waals surface area contributed by atoms with E-state index >= 15 is 0 Å². The van der Waals surface area contributed by atoms with Gasteiger partial charge in [-0.1, -0.05) is 36.4 Å². The van der Waals surface area contributed by atoms with Gasteiger partial charge in [-0.15, -0.1) is 0 Å². The van der Waals surface area contributed by atoms with Crippen molar-refractivity contribution in [1.82, 2.24) is 0 Å². The van der Waals surface area contributed by atoms with E-state index in [0.29, 0.717) is 5.84 Å². The summed E-state index contributed by atoms with van der Waals surface area (Å²) in [6, 6.07) is 18.0. The second-order valence-electron chi connectivity index (χ2n) is 5.03. The van der Waals surface area contributed by atoms with Crippen LogP contribution in [0.5, 0.6) is 5.75 Å². The molecule has 3 nitrogen and oxygen atoms in total. The normalized spacial score (nSPS) is 17.6. The fraction of sp³-hybridized carbons (Fsp3) is 0.235. The van der Waals surface area contributed by atoms with Crippen LogP contribution in [0.15, 0.2) is 59.6 Å². The van der Waals surface area contributed by atoms with Gasteiger partial charge in [0, 0.05) is 12.8 Å². The number of amidine groups is 1. The van der Waals surface area contributed by atoms with E-state index in [2.05, 4.69) is 17.1 Å². The molecule has 2 aromatic carbocycles. The first-order valence-corrected chi connectivity index (χ1v) is 6.94. The predicted molar refractivity (Wildman–Crippen MR) is 81.5 cm³/mol. The van der Waals surface area contributed by atoms with Gasteiger partial charge < -0.3 is 10.5 Å². The molecular formula is C17H18N2O. The minimum atomic E-state index is 0.219. The van der Waals surface area contributed by atoms with Gasteiger partial charge in [0.2, 0.25) is 0 Å². The number of nitrogens with zero attached hydrogens (tertiary/aromatic N) is 1. The van der Waals surface area contributed by atoms with E-state index in [0.717, 1.165) is 30.7 Å². The first-order chi connectivity index (χ1) is 9.81. The van der Waals surface area contributed by atoms with Crippen LogP contribution in [0.25, 0.3) is 0 Å². The molecule has 3 rings (SSSR count). The molecule has 0 bridgehead atoms. The zero-order valence-electron chi connectivity index (χ0n) is 11.3. The lowest BCUT2D eigenvalue weighted by Crippen LogP contribution is -2.18. The summed E-state index contributed by atoms with van der Waals surface area (Å²) in [6.07, 6.45) is 2.84. The Kier molecular flexibility index (Phi) is 3.68. The first-order valence-electron chi connectivity index (χ1n) is 6.94. The van der Waals surface area contributed by atoms with Crippen molar-refractivity contribution in [2.24, 2.45) is 10.7 Å². The molecule has 1 aliphatic heterocycles. The highest BCUT2D eigenvalue weighted by atomic mass is 16.5. The van der Waals surface area contributed by atoms with Crippen molar-refractivity contribution >= 4 is 11.5 Å². The lowest BCUT2D eigenvalue weighted by Gasteiger charge is -2.10. The van der Waals surface area contributed by atoms with Gasteiger partial charge >= 0.3 is 0 Å². The SMILES string of the molecule is NC(CCC1Cc2ccccc2O1)=Nc1ccccc1. The highest BCUT2D eigenvalue weighted by Gasteiger charge is 2.21. The Morgan fingerprint density at radius 1 is 1.10 bits per heavy atom. The molecule has 20 heavy (non-hydrogen) atoms. The van der Waals surface area contributed by atoms with E-state index in [1.54, 1.807) is 0 Å². The van der Waals surface area contributed by atoms with Gasteiger partial charge in [-0.25, -0.2) is 4.99 Å². The lowest BCUT2D eigenvalue weighted by molar-refractivity contribution is 0.224. The van der Waals surface area contributed by atoms with E-state index in [9.17, 15) is 0 Å². The minimum Gasteiger partial charge on any atom is -0.490 e. The fourth-order valence-electron chi connectivity index (χ4n) is 2.45. The summed E-state index contributed by atoms with van der Waals surface area (Å²) < 4.78 is 5.90. The molecule has 1 aliphatic rings. The van der Waals surface area contributed by atoms with E-state index in [-0.39, 0.29) is 6.10 Å². The first kappa shape index (κ1) is 12.7. The highest BCUT2D eigenvalue weighted by Crippen LogP contribution is 2.29. The van der Waals surface area contributed by atoms with Gasteiger partial charge in [0.25, 0.3) is 0 Å². The number of ether oxygens (including phenoxy) is 1. The zero-order chi connectivity index (χ0) is 13.8. The Balaban J connectivity index is 1.55. The van der Waals surface area contributed by atoms with Crippen LogP contribution in [-0.4, -0.2) is 11.9 Å². The number of aliphatic imine (C=N–C) groups is 1. The van der Waals surface area contributed by atoms with Crippen molar-refractivity contribution in [2.75, 3.05) is 0 Å². The van der Waals surface area contributed by atoms with Gasteiger partial charge in [0.1, 0.15) is 11.9 Å². The molecule has 0 amide bonds. The maximum absolute atomic E-state index is 5.98. The number of para-hydroxylation sites is 2. The average molecular weight is 266 g/mol. The second kappa shape index (κ2) is 5.78. The summed E-state index contributed by atoms with van der Waals surface area (Å²) in [5, 5.41) is 0. The summed E-state index contributed by atoms with van der Waals surface area (Å²) in [5.41, 5.74) is 8.17. The number of benzene rings is 2. The topological polar surface area (TPSA) is 47.6 Å². The van der Waals surface area contributed by atoms with Crippen molar-refractivity contribution in [1.29, 1.82) is 0 Å². The quantitative estimate of drug-likeness (QED) is 0.680. The number of hydrogen-bond donors (Lipinski definition) is 1. The van der Waals surface area contributed by atoms with Crippen molar-refractivity contribution in [3.63, 3.8) is 0 Å². The van der Waals surface area contributed by atoms with Crippen LogP contribution in [0.3, 0.4) is 0 Å². The molecule has 0 fully saturated rings. The van der Waals surface area contributed by atoms with E-state index in [1.807, 2.05) is 42.5 Å². The Hall–Kier alpha value is -2.29. The Bertz CT molecular complexity index is 582. The Labute approximate surface area is 119 Å². The molecule has 1 heterocycles. The maximum Gasteiger partial charge on any atom is 0.123 e. The number of nitrogens with two attached hydrogens (primary N) is 1. The molecule has 102 valence electrons. The average Bonchev–Trinajstić information content (AvgIpc) is 2.89. The Morgan fingerprint density at radius 3 is 2.65 bits per heavy atom. The molecule has 0 saturated carbocycles. The minimum absolute atomic E-state index is 0.219. The summed E-state index contributed by atoms with van der Waals surface area (Å²) in [7, 11) is 0. The molecule has 0 saturated heterocycles. The van der Waals surface area contributed by atoms with Crippen LogP contribution in [0.1, 0.15) is 18.4 Å². The van der Waals surface area contributed by atoms with Gasteiger partial charge in [-0.3, -0.25) is 0 Å². The maximum atomic E-state index is 5.98. The number of hydrogen-bond acceptors (Lipinski definition) is 2. The smallest absolute Gasteiger partial charge is 0.123 e. The molecule has 2 aromatic rings. The van der Waals surface area contributed by atoms with Gasteiger partial charge in [-0.05, 0) is 30.2 Å². The summed E-state index contributed by atoms with van der Waals surface area (Å²) in [5.74, 6) is 1.67. The zero-order valence-corrected chi connectivity index (χ0v) is 11.3. The largest absolute Gasteiger partial charge is 0.490 e. The molecule has 1 atom stereocenters. The summed E-state index contributed by atoms with van der Waals surface area (Å²) >= 11 is 0. The molecule has 2 N–H and O–H groups in total. The van der Waals surface area contributed by atoms with E-state index < -0.39 is 0 Å². The van der Waals surface area contributed by atoms with Crippen molar-refractivity contribution in [2.45, 2.75) is 25.4 Å². The third kappa shape index (κ3) is 2.99. The molecule has 0 spiro atoms. The monoisotopic (exact) mass is 266 g/mol. The van der Waals surface area contributed by atoms with Crippen molar-refractivity contribution in [3.05, 3.63) is 60.2 Å². The van der Waals surface area contributed by atoms with Crippen LogP contribution >= 0.6 is 0 Å². The highest BCUT2D eigenvalue weighted by molar-refractivity contribution is 5.83. The van der Waals surface area contributed by atoms with Crippen LogP contribution in [-0.2, 0) is 6.42 Å². The van der Waals surface area contributed by atoms with Crippen LogP contribution in [0.2, 0.25) is 0 Å². The predicted octanol–water partition coefficient (Wildman–Crippen LogP) is 3.46. The molecular weight excluding hydrogens is 248 g/mol. The van der Waals surface area contributed by atoms with E-state index in [4.69, 9.17) is 10.5 Å². The van der Waals surface area contributed by atoms with Crippen LogP contribution in [0.4, 0.5) is 5.69 Å². The molecule has 1 unspecified atom stereocenters. The number of fused-ring (bicyclic) bond motifs is 1. The van der Waals surface area contributed by atoms with Gasteiger partial charge in [0.15, 0.2) is 0 Å². The third-order valence-electron chi connectivity index (χ3n) is 3.47. The second-order valence-corrected chi connectivity index (χ2v) is 5.03. The fourth-order valence-corrected chi connectivity index (χ4v) is 2.45. The van der Waals surface area contributed by atoms with Gasteiger partial charge in [0.05, 0.1) is 11.5 Å². The molecule has 0 aliphatic carbocycles. The van der Waals surface area contributed by atoms with Crippen molar-refractivity contribution < 1.29 is 4.74 Å². The standard InChI is InChI=1S/C17H18N2O/c18-17(19-14-7-2-1-3-8-14)11-10-15-12-13-6-4-5-9-16(13)20-15/h1-9,15H,10-12H2,(H2,18,19). The number of rotatable bonds is 4. The molecule has 0 radical (unpaired) electrons. The lowest BCUT2D eigenvalue weighted by atomic mass is 10.1. The third-order valence-corrected chi connectivity index (χ3v) is 3.47. The molecule has 0 aromatic heterocycles. The van der Waals surface area contributed by atoms with Crippen LogP contribution in [0, 0.1) is 0 Å². The Morgan fingerprint density at radius 2 is 1.85 bits per heavy atom. The van der Waals surface area contributed by atoms with E-state index in [1.165, 1.54) is 5.56 Å². The molecule has 3 heteroatoms. The van der Waals surface area contributed by atoms with Gasteiger partial charge in [-0.2, -0.15) is 0 Å². The van der Waals surface area contributed by atoms with Crippen LogP contribution < -0.4 is 10.5 Å². The van der Waals surface area contributed by atoms with Crippen molar-refractivity contribution in [3.8, 4) is 5.75 Å². The summed E-state index contributed by atoms with van der Waals surface area (Å²) in [4.78, 5) is 4.41.